The van der Waals surface area contributed by atoms with Gasteiger partial charge >= 0.3 is 0 Å². The summed E-state index contributed by atoms with van der Waals surface area (Å²) in [6, 6.07) is 18.5. The molecule has 0 aliphatic rings. The Balaban J connectivity index is 1.34. The zero-order valence-electron chi connectivity index (χ0n) is 19.7. The molecule has 0 fully saturated rings. The average molecular weight is 758 g/mol. The first-order valence-electron chi connectivity index (χ1n) is 12.0. The number of hydrogen-bond acceptors (Lipinski definition) is 7. The largest absolute Gasteiger partial charge is 0.305 e. The number of fused-ring (bicyclic) bond motifs is 14. The molecule has 0 aliphatic heterocycles. The first-order valence-corrected chi connectivity index (χ1v) is 19.3. The molecule has 1 nitrogen and oxygen atoms in total. The summed E-state index contributed by atoms with van der Waals surface area (Å²) in [6.07, 6.45) is 0. The Kier molecular flexibility index (Phi) is 4.73. The van der Waals surface area contributed by atoms with Crippen molar-refractivity contribution in [2.45, 2.75) is 6.92 Å². The number of benzene rings is 2. The molecular formula is C29H11Br2NS7. The van der Waals surface area contributed by atoms with Gasteiger partial charge in [0.05, 0.1) is 56.2 Å². The highest BCUT2D eigenvalue weighted by molar-refractivity contribution is 9.11. The lowest BCUT2D eigenvalue weighted by Crippen LogP contribution is -1.93. The van der Waals surface area contributed by atoms with Gasteiger partial charge in [0, 0.05) is 35.3 Å². The molecule has 2 aromatic carbocycles. The zero-order chi connectivity index (χ0) is 25.7. The van der Waals surface area contributed by atoms with E-state index in [0.29, 0.717) is 0 Å². The molecule has 188 valence electrons. The second-order valence-corrected chi connectivity index (χ2v) is 19.8. The summed E-state index contributed by atoms with van der Waals surface area (Å²) in [5.41, 5.74) is 5.24. The quantitative estimate of drug-likeness (QED) is 0.157. The van der Waals surface area contributed by atoms with Gasteiger partial charge in [-0.05, 0) is 75.2 Å². The molecule has 0 saturated heterocycles. The Morgan fingerprint density at radius 2 is 1.05 bits per heavy atom. The highest BCUT2D eigenvalue weighted by Gasteiger charge is 2.25. The van der Waals surface area contributed by atoms with Crippen LogP contribution < -0.4 is 0 Å². The fourth-order valence-corrected chi connectivity index (χ4v) is 16.6. The van der Waals surface area contributed by atoms with Crippen molar-refractivity contribution < 1.29 is 0 Å². The Labute approximate surface area is 265 Å². The van der Waals surface area contributed by atoms with E-state index in [1.165, 1.54) is 97.0 Å². The van der Waals surface area contributed by atoms with Crippen LogP contribution in [0.25, 0.3) is 83.9 Å². The zero-order valence-corrected chi connectivity index (χ0v) is 28.6. The van der Waals surface area contributed by atoms with Crippen molar-refractivity contribution in [3.05, 3.63) is 61.7 Å². The molecule has 10 rings (SSSR count). The Hall–Kier alpha value is -1.34. The third-order valence-corrected chi connectivity index (χ3v) is 17.5. The van der Waals surface area contributed by atoms with E-state index in [2.05, 4.69) is 91.9 Å². The fourth-order valence-electron chi connectivity index (χ4n) is 5.73. The minimum absolute atomic E-state index is 1.20. The van der Waals surface area contributed by atoms with Gasteiger partial charge in [-0.15, -0.1) is 79.4 Å². The van der Waals surface area contributed by atoms with E-state index in [9.17, 15) is 0 Å². The minimum Gasteiger partial charge on any atom is -0.305 e. The molecule has 10 aromatic rings. The normalized spacial score (nSPS) is 13.0. The number of nitrogens with zero attached hydrogens (tertiary/aromatic N) is 1. The van der Waals surface area contributed by atoms with Crippen molar-refractivity contribution in [2.24, 2.45) is 0 Å². The van der Waals surface area contributed by atoms with E-state index < -0.39 is 0 Å². The van der Waals surface area contributed by atoms with Crippen LogP contribution in [0.2, 0.25) is 0 Å². The predicted octanol–water partition coefficient (Wildman–Crippen LogP) is 14.0. The molecule has 0 N–H and O–H groups in total. The van der Waals surface area contributed by atoms with Crippen LogP contribution in [0.3, 0.4) is 0 Å². The SMILES string of the molecule is Cc1ccc(-n2c3c4cc5sc6c(sc7c8sc(Br)cc8sc76)c5cc4sc3c3sc4cc(Br)sc4c32)cc1. The summed E-state index contributed by atoms with van der Waals surface area (Å²) in [4.78, 5) is 0. The maximum absolute atomic E-state index is 3.74. The van der Waals surface area contributed by atoms with Crippen LogP contribution >= 0.6 is 111 Å². The van der Waals surface area contributed by atoms with Gasteiger partial charge in [-0.2, -0.15) is 0 Å². The molecule has 0 bridgehead atoms. The first-order chi connectivity index (χ1) is 19.0. The molecule has 0 saturated carbocycles. The van der Waals surface area contributed by atoms with Crippen LogP contribution in [0.4, 0.5) is 0 Å². The van der Waals surface area contributed by atoms with Crippen LogP contribution in [-0.2, 0) is 0 Å². The van der Waals surface area contributed by atoms with Crippen LogP contribution in [0.15, 0.2) is 56.1 Å². The van der Waals surface area contributed by atoms with Gasteiger partial charge in [-0.3, -0.25) is 0 Å². The smallest absolute Gasteiger partial charge is 0.0838 e. The molecule has 0 amide bonds. The topological polar surface area (TPSA) is 4.93 Å². The van der Waals surface area contributed by atoms with Gasteiger partial charge in [0.2, 0.25) is 0 Å². The maximum Gasteiger partial charge on any atom is 0.0838 e. The van der Waals surface area contributed by atoms with Crippen LogP contribution in [0, 0.1) is 6.92 Å². The van der Waals surface area contributed by atoms with Gasteiger partial charge in [0.1, 0.15) is 0 Å². The minimum atomic E-state index is 1.20. The molecule has 10 heteroatoms. The lowest BCUT2D eigenvalue weighted by molar-refractivity contribution is 1.19. The number of halogens is 2. The molecule has 0 aliphatic carbocycles. The monoisotopic (exact) mass is 755 g/mol. The fraction of sp³-hybridized carbons (Fsp3) is 0.0345. The van der Waals surface area contributed by atoms with E-state index in [-0.39, 0.29) is 0 Å². The molecule has 0 radical (unpaired) electrons. The van der Waals surface area contributed by atoms with Gasteiger partial charge in [-0.25, -0.2) is 0 Å². The Morgan fingerprint density at radius 3 is 1.87 bits per heavy atom. The van der Waals surface area contributed by atoms with Crippen molar-refractivity contribution >= 4 is 189 Å². The second kappa shape index (κ2) is 7.93. The van der Waals surface area contributed by atoms with E-state index in [0.717, 1.165) is 0 Å². The first kappa shape index (κ1) is 23.2. The molecule has 0 spiro atoms. The van der Waals surface area contributed by atoms with Crippen molar-refractivity contribution in [1.29, 1.82) is 0 Å². The lowest BCUT2D eigenvalue weighted by atomic mass is 10.2. The van der Waals surface area contributed by atoms with Gasteiger partial charge < -0.3 is 4.57 Å². The highest BCUT2D eigenvalue weighted by atomic mass is 79.9. The standard InChI is InChI=1S/C29H11Br2NS7/c1-10-2-4-11(5-3-10)32-20-12-6-15-13(22-27(34-15)29-28(39-22)24-17(36-29)9-19(31)38-24)7-14(12)33-25(20)26-21(32)23-16(35-26)8-18(30)37-23/h2-9H,1H3. The second-order valence-electron chi connectivity index (χ2n) is 9.69. The average Bonchev–Trinajstić information content (AvgIpc) is 3.73. The van der Waals surface area contributed by atoms with Crippen LogP contribution in [0.5, 0.6) is 0 Å². The number of aryl methyl sites for hydroxylation is 1. The van der Waals surface area contributed by atoms with Crippen LogP contribution in [0.1, 0.15) is 5.56 Å². The molecule has 8 heterocycles. The van der Waals surface area contributed by atoms with E-state index in [1.807, 2.05) is 79.4 Å². The third-order valence-electron chi connectivity index (χ3n) is 7.39. The van der Waals surface area contributed by atoms with Gasteiger partial charge in [0.15, 0.2) is 0 Å². The Morgan fingerprint density at radius 1 is 0.487 bits per heavy atom. The summed E-state index contributed by atoms with van der Waals surface area (Å²) < 4.78 is 22.0. The summed E-state index contributed by atoms with van der Waals surface area (Å²) >= 11 is 21.0. The van der Waals surface area contributed by atoms with Crippen LogP contribution in [-0.4, -0.2) is 4.57 Å². The number of aromatic nitrogens is 1. The maximum atomic E-state index is 3.74. The Bertz CT molecular complexity index is 2640. The molecule has 8 aromatic heterocycles. The lowest BCUT2D eigenvalue weighted by Gasteiger charge is -2.08. The summed E-state index contributed by atoms with van der Waals surface area (Å²) in [5.74, 6) is 0. The molecule has 39 heavy (non-hydrogen) atoms. The number of thiophene rings is 7. The summed E-state index contributed by atoms with van der Waals surface area (Å²) in [5, 5.41) is 2.79. The van der Waals surface area contributed by atoms with E-state index >= 15 is 0 Å². The highest BCUT2D eigenvalue weighted by Crippen LogP contribution is 2.55. The molecule has 0 unspecified atom stereocenters. The third kappa shape index (κ3) is 3.02. The summed E-state index contributed by atoms with van der Waals surface area (Å²) in [7, 11) is 0. The molecular weight excluding hydrogens is 747 g/mol. The van der Waals surface area contributed by atoms with Gasteiger partial charge in [-0.1, -0.05) is 17.7 Å². The van der Waals surface area contributed by atoms with Crippen molar-refractivity contribution in [3.8, 4) is 5.69 Å². The summed E-state index contributed by atoms with van der Waals surface area (Å²) in [6.45, 7) is 2.16. The van der Waals surface area contributed by atoms with Crippen molar-refractivity contribution in [3.63, 3.8) is 0 Å². The van der Waals surface area contributed by atoms with Gasteiger partial charge in [0.25, 0.3) is 0 Å². The number of hydrogen-bond donors (Lipinski definition) is 0. The van der Waals surface area contributed by atoms with Crippen molar-refractivity contribution in [1.82, 2.24) is 4.57 Å². The van der Waals surface area contributed by atoms with E-state index in [4.69, 9.17) is 0 Å². The van der Waals surface area contributed by atoms with E-state index in [1.54, 1.807) is 0 Å². The predicted molar refractivity (Wildman–Crippen MR) is 191 cm³/mol. The number of rotatable bonds is 1. The molecule has 0 atom stereocenters. The van der Waals surface area contributed by atoms with Crippen molar-refractivity contribution in [2.75, 3.05) is 0 Å².